The van der Waals surface area contributed by atoms with E-state index >= 15 is 0 Å². The molecule has 0 aromatic rings. The number of ether oxygens (including phenoxy) is 2. The van der Waals surface area contributed by atoms with Crippen LogP contribution in [-0.4, -0.2) is 24.8 Å². The highest BCUT2D eigenvalue weighted by atomic mass is 35.5. The molecule has 2 aliphatic rings. The number of hydrogen-bond acceptors (Lipinski definition) is 3. The number of allylic oxidation sites excluding steroid dienone is 2. The van der Waals surface area contributed by atoms with Crippen LogP contribution in [0.2, 0.25) is 0 Å². The smallest absolute Gasteiger partial charge is 0.238 e. The maximum absolute atomic E-state index is 12.0. The van der Waals surface area contributed by atoms with Crippen LogP contribution < -0.4 is 0 Å². The summed E-state index contributed by atoms with van der Waals surface area (Å²) in [6.45, 7) is 2.97. The molecule has 1 saturated heterocycles. The van der Waals surface area contributed by atoms with Gasteiger partial charge in [0.1, 0.15) is 10.1 Å². The van der Waals surface area contributed by atoms with Crippen molar-refractivity contribution in [2.24, 2.45) is 0 Å². The van der Waals surface area contributed by atoms with Gasteiger partial charge in [0, 0.05) is 0 Å². The van der Waals surface area contributed by atoms with Crippen LogP contribution in [0.25, 0.3) is 0 Å². The summed E-state index contributed by atoms with van der Waals surface area (Å²) in [6.07, 6.45) is 5.94. The average Bonchev–Trinajstić information content (AvgIpc) is 2.91. The molecule has 3 nitrogen and oxygen atoms in total. The fourth-order valence-corrected chi connectivity index (χ4v) is 2.72. The molecule has 2 rings (SSSR count). The van der Waals surface area contributed by atoms with Crippen molar-refractivity contribution < 1.29 is 14.3 Å². The monoisotopic (exact) mass is 290 g/mol. The van der Waals surface area contributed by atoms with Gasteiger partial charge in [-0.2, -0.15) is 0 Å². The Morgan fingerprint density at radius 2 is 1.94 bits per heavy atom. The number of rotatable bonds is 4. The summed E-state index contributed by atoms with van der Waals surface area (Å²) >= 11 is 12.0. The van der Waals surface area contributed by atoms with Crippen molar-refractivity contribution in [3.63, 3.8) is 0 Å². The van der Waals surface area contributed by atoms with Crippen molar-refractivity contribution in [2.75, 3.05) is 13.2 Å². The Bertz CT molecular complexity index is 406. The molecule has 0 aromatic heterocycles. The number of Topliss-reactive ketones (excluding diaryl/α,β-unsaturated/α-hetero) is 1. The second-order valence-electron chi connectivity index (χ2n) is 4.38. The summed E-state index contributed by atoms with van der Waals surface area (Å²) in [5.41, 5.74) is 0.436. The molecule has 100 valence electrons. The van der Waals surface area contributed by atoms with E-state index in [1.54, 1.807) is 0 Å². The maximum atomic E-state index is 12.0. The van der Waals surface area contributed by atoms with Gasteiger partial charge in [-0.05, 0) is 12.8 Å². The summed E-state index contributed by atoms with van der Waals surface area (Å²) in [5.74, 6) is -1.50. The molecule has 5 heteroatoms. The highest BCUT2D eigenvalue weighted by Gasteiger charge is 2.53. The largest absolute Gasteiger partial charge is 0.339 e. The normalized spacial score (nSPS) is 24.8. The minimum Gasteiger partial charge on any atom is -0.339 e. The van der Waals surface area contributed by atoms with Crippen molar-refractivity contribution >= 4 is 29.0 Å². The number of hydrogen-bond donors (Lipinski definition) is 0. The first-order valence-corrected chi connectivity index (χ1v) is 6.98. The molecule has 0 unspecified atom stereocenters. The van der Waals surface area contributed by atoms with E-state index in [4.69, 9.17) is 32.7 Å². The third kappa shape index (κ3) is 2.25. The first-order chi connectivity index (χ1) is 8.63. The summed E-state index contributed by atoms with van der Waals surface area (Å²) < 4.78 is 11.1. The Hall–Kier alpha value is -0.350. The van der Waals surface area contributed by atoms with Gasteiger partial charge in [0.05, 0.1) is 18.8 Å². The summed E-state index contributed by atoms with van der Waals surface area (Å²) in [5, 5.41) is 0.175. The lowest BCUT2D eigenvalue weighted by Crippen LogP contribution is -2.31. The predicted molar refractivity (Wildman–Crippen MR) is 70.6 cm³/mol. The van der Waals surface area contributed by atoms with E-state index in [1.165, 1.54) is 0 Å². The van der Waals surface area contributed by atoms with E-state index in [-0.39, 0.29) is 15.8 Å². The molecule has 0 radical (unpaired) electrons. The molecule has 0 atom stereocenters. The fourth-order valence-electron chi connectivity index (χ4n) is 2.19. The van der Waals surface area contributed by atoms with Crippen LogP contribution in [0.1, 0.15) is 32.6 Å². The Morgan fingerprint density at radius 1 is 1.28 bits per heavy atom. The van der Waals surface area contributed by atoms with Crippen molar-refractivity contribution in [1.29, 1.82) is 0 Å². The molecule has 1 heterocycles. The van der Waals surface area contributed by atoms with Crippen LogP contribution in [0, 0.1) is 0 Å². The van der Waals surface area contributed by atoms with Crippen LogP contribution in [0.5, 0.6) is 0 Å². The fraction of sp³-hybridized carbons (Fsp3) is 0.615. The van der Waals surface area contributed by atoms with Crippen LogP contribution in [0.15, 0.2) is 21.7 Å². The molecule has 0 bridgehead atoms. The van der Waals surface area contributed by atoms with Crippen molar-refractivity contribution in [2.45, 2.75) is 38.4 Å². The summed E-state index contributed by atoms with van der Waals surface area (Å²) in [7, 11) is 0. The van der Waals surface area contributed by atoms with E-state index in [1.807, 2.05) is 6.08 Å². The molecule has 0 amide bonds. The first-order valence-electron chi connectivity index (χ1n) is 6.22. The zero-order chi connectivity index (χ0) is 13.2. The molecule has 18 heavy (non-hydrogen) atoms. The van der Waals surface area contributed by atoms with Gasteiger partial charge in [0.25, 0.3) is 0 Å². The van der Waals surface area contributed by atoms with Gasteiger partial charge in [-0.1, -0.05) is 49.0 Å². The first kappa shape index (κ1) is 14.1. The summed E-state index contributed by atoms with van der Waals surface area (Å²) in [4.78, 5) is 12.0. The predicted octanol–water partition coefficient (Wildman–Crippen LogP) is 3.51. The highest BCUT2D eigenvalue weighted by Crippen LogP contribution is 2.47. The quantitative estimate of drug-likeness (QED) is 0.587. The lowest BCUT2D eigenvalue weighted by molar-refractivity contribution is -0.119. The Labute approximate surface area is 117 Å². The van der Waals surface area contributed by atoms with Gasteiger partial charge in [0.15, 0.2) is 0 Å². The number of halogens is 2. The minimum atomic E-state index is -1.22. The number of unbranched alkanes of at least 4 members (excludes halogenated alkanes) is 3. The highest BCUT2D eigenvalue weighted by molar-refractivity contribution is 6.53. The van der Waals surface area contributed by atoms with E-state index in [9.17, 15) is 4.79 Å². The van der Waals surface area contributed by atoms with Crippen molar-refractivity contribution in [3.05, 3.63) is 21.7 Å². The average molecular weight is 291 g/mol. The zero-order valence-electron chi connectivity index (χ0n) is 10.3. The molecule has 0 N–H and O–H groups in total. The van der Waals surface area contributed by atoms with Crippen LogP contribution in [0.3, 0.4) is 0 Å². The van der Waals surface area contributed by atoms with Crippen molar-refractivity contribution in [3.8, 4) is 0 Å². The van der Waals surface area contributed by atoms with Gasteiger partial charge in [-0.25, -0.2) is 0 Å². The number of carbonyl (C=O) groups excluding carboxylic acids is 1. The SMILES string of the molecule is CCCCC/C=C1\C(=O)C(Cl)=C(Cl)C12OCCO2. The third-order valence-electron chi connectivity index (χ3n) is 3.13. The lowest BCUT2D eigenvalue weighted by Gasteiger charge is -2.23. The molecular formula is C13H16Cl2O3. The third-order valence-corrected chi connectivity index (χ3v) is 4.03. The van der Waals surface area contributed by atoms with Crippen LogP contribution in [-0.2, 0) is 14.3 Å². The van der Waals surface area contributed by atoms with Gasteiger partial charge in [-0.3, -0.25) is 4.79 Å². The van der Waals surface area contributed by atoms with Crippen LogP contribution in [0.4, 0.5) is 0 Å². The van der Waals surface area contributed by atoms with Gasteiger partial charge >= 0.3 is 0 Å². The van der Waals surface area contributed by atoms with Crippen LogP contribution >= 0.6 is 23.2 Å². The van der Waals surface area contributed by atoms with E-state index in [0.29, 0.717) is 18.8 Å². The number of ketones is 1. The Balaban J connectivity index is 2.21. The van der Waals surface area contributed by atoms with Gasteiger partial charge < -0.3 is 9.47 Å². The maximum Gasteiger partial charge on any atom is 0.238 e. The standard InChI is InChI=1S/C13H16Cl2O3/c1-2-3-4-5-6-9-11(16)10(14)12(15)13(9)17-7-8-18-13/h6H,2-5,7-8H2,1H3/b9-6+. The molecular weight excluding hydrogens is 275 g/mol. The number of carbonyl (C=O) groups is 1. The molecule has 0 aromatic carbocycles. The van der Waals surface area contributed by atoms with E-state index in [0.717, 1.165) is 25.7 Å². The molecule has 1 spiro atoms. The second-order valence-corrected chi connectivity index (χ2v) is 5.14. The molecule has 1 aliphatic heterocycles. The van der Waals surface area contributed by atoms with Gasteiger partial charge in [-0.15, -0.1) is 0 Å². The van der Waals surface area contributed by atoms with E-state index < -0.39 is 5.79 Å². The topological polar surface area (TPSA) is 35.5 Å². The van der Waals surface area contributed by atoms with E-state index in [2.05, 4.69) is 6.92 Å². The minimum absolute atomic E-state index is 0.0142. The van der Waals surface area contributed by atoms with Gasteiger partial charge in [0.2, 0.25) is 11.6 Å². The Kier molecular flexibility index (Phi) is 4.49. The Morgan fingerprint density at radius 3 is 2.56 bits per heavy atom. The molecule has 1 fully saturated rings. The second kappa shape index (κ2) is 5.74. The molecule has 1 aliphatic carbocycles. The lowest BCUT2D eigenvalue weighted by atomic mass is 10.1. The zero-order valence-corrected chi connectivity index (χ0v) is 11.8. The molecule has 0 saturated carbocycles. The summed E-state index contributed by atoms with van der Waals surface area (Å²) in [6, 6.07) is 0. The van der Waals surface area contributed by atoms with Crippen molar-refractivity contribution in [1.82, 2.24) is 0 Å².